The number of rotatable bonds is 7. The third-order valence-corrected chi connectivity index (χ3v) is 8.63. The first-order valence-corrected chi connectivity index (χ1v) is 12.0. The van der Waals surface area contributed by atoms with Crippen LogP contribution in [0.25, 0.3) is 21.5 Å². The van der Waals surface area contributed by atoms with Crippen molar-refractivity contribution in [1.29, 1.82) is 0 Å². The number of fused-ring (bicyclic) bond motifs is 2. The van der Waals surface area contributed by atoms with Gasteiger partial charge < -0.3 is 14.9 Å². The highest BCUT2D eigenvalue weighted by Gasteiger charge is 2.37. The van der Waals surface area contributed by atoms with Crippen molar-refractivity contribution in [1.82, 2.24) is 0 Å². The van der Waals surface area contributed by atoms with Gasteiger partial charge in [-0.15, -0.1) is 0 Å². The molecule has 0 bridgehead atoms. The molecule has 0 amide bonds. The lowest BCUT2D eigenvalue weighted by atomic mass is 10.1. The van der Waals surface area contributed by atoms with Crippen LogP contribution in [0.2, 0.25) is 0 Å². The fourth-order valence-corrected chi connectivity index (χ4v) is 7.25. The van der Waals surface area contributed by atoms with E-state index in [4.69, 9.17) is 4.74 Å². The number of carbonyl (C=O) groups is 1. The van der Waals surface area contributed by atoms with E-state index < -0.39 is 27.2 Å². The van der Waals surface area contributed by atoms with E-state index in [1.165, 1.54) is 0 Å². The molecule has 0 spiro atoms. The molecule has 0 heterocycles. The highest BCUT2D eigenvalue weighted by molar-refractivity contribution is 6.89. The zero-order valence-electron chi connectivity index (χ0n) is 17.4. The van der Waals surface area contributed by atoms with Crippen molar-refractivity contribution in [2.24, 2.45) is 0 Å². The topological polar surface area (TPSA) is 66.8 Å². The standard InChI is InChI=1S/C26H25O4Si/c1-2-25(29)30-26(22(28)17-27)31(23-15-7-11-18-9-3-5-13-20(18)23)24-16-8-12-19-10-4-6-14-21(19)24/h3-16,22,26-28H,2,17H2,1H3. The van der Waals surface area contributed by atoms with E-state index >= 15 is 0 Å². The number of aliphatic hydroxyl groups is 2. The molecule has 2 N–H and O–H groups in total. The van der Waals surface area contributed by atoms with Gasteiger partial charge in [-0.1, -0.05) is 91.9 Å². The Labute approximate surface area is 183 Å². The fourth-order valence-electron chi connectivity index (χ4n) is 4.02. The van der Waals surface area contributed by atoms with Crippen LogP contribution in [0.5, 0.6) is 0 Å². The fraction of sp³-hybridized carbons (Fsp3) is 0.192. The predicted octanol–water partition coefficient (Wildman–Crippen LogP) is 2.82. The van der Waals surface area contributed by atoms with E-state index in [1.54, 1.807) is 6.92 Å². The van der Waals surface area contributed by atoms with Crippen LogP contribution in [0.3, 0.4) is 0 Å². The van der Waals surface area contributed by atoms with Crippen LogP contribution in [0, 0.1) is 0 Å². The average molecular weight is 430 g/mol. The quantitative estimate of drug-likeness (QED) is 0.350. The third kappa shape index (κ3) is 4.25. The Hall–Kier alpha value is -2.99. The molecule has 4 aromatic rings. The lowest BCUT2D eigenvalue weighted by Crippen LogP contribution is -2.59. The Morgan fingerprint density at radius 3 is 1.81 bits per heavy atom. The molecule has 2 unspecified atom stereocenters. The van der Waals surface area contributed by atoms with Crippen molar-refractivity contribution < 1.29 is 19.7 Å². The van der Waals surface area contributed by atoms with Crippen molar-refractivity contribution >= 4 is 46.7 Å². The largest absolute Gasteiger partial charge is 0.463 e. The molecular formula is C26H25O4Si. The molecule has 5 heteroatoms. The normalized spacial score (nSPS) is 13.4. The van der Waals surface area contributed by atoms with Crippen molar-refractivity contribution in [3.63, 3.8) is 0 Å². The molecule has 0 aliphatic rings. The van der Waals surface area contributed by atoms with E-state index in [1.807, 2.05) is 36.4 Å². The number of esters is 1. The first-order chi connectivity index (χ1) is 15.1. The van der Waals surface area contributed by atoms with E-state index in [2.05, 4.69) is 48.5 Å². The van der Waals surface area contributed by atoms with E-state index in [9.17, 15) is 15.0 Å². The average Bonchev–Trinajstić information content (AvgIpc) is 2.83. The smallest absolute Gasteiger partial charge is 0.305 e. The molecule has 0 saturated heterocycles. The van der Waals surface area contributed by atoms with E-state index in [0.29, 0.717) is 0 Å². The second kappa shape index (κ2) is 9.43. The van der Waals surface area contributed by atoms with Gasteiger partial charge >= 0.3 is 5.97 Å². The molecule has 0 fully saturated rings. The number of ether oxygens (including phenoxy) is 1. The van der Waals surface area contributed by atoms with Gasteiger partial charge in [0.05, 0.1) is 6.61 Å². The van der Waals surface area contributed by atoms with Gasteiger partial charge in [0.1, 0.15) is 11.8 Å². The van der Waals surface area contributed by atoms with Gasteiger partial charge in [-0.3, -0.25) is 4.79 Å². The summed E-state index contributed by atoms with van der Waals surface area (Å²) in [5.74, 6) is -0.388. The third-order valence-electron chi connectivity index (χ3n) is 5.53. The van der Waals surface area contributed by atoms with Crippen LogP contribution in [-0.4, -0.2) is 43.4 Å². The van der Waals surface area contributed by atoms with Crippen LogP contribution in [0.1, 0.15) is 13.3 Å². The zero-order valence-corrected chi connectivity index (χ0v) is 18.4. The summed E-state index contributed by atoms with van der Waals surface area (Å²) < 4.78 is 5.82. The minimum absolute atomic E-state index is 0.203. The lowest BCUT2D eigenvalue weighted by Gasteiger charge is -2.30. The van der Waals surface area contributed by atoms with Gasteiger partial charge in [0.2, 0.25) is 0 Å². The summed E-state index contributed by atoms with van der Waals surface area (Å²) in [7, 11) is -1.86. The van der Waals surface area contributed by atoms with Gasteiger partial charge in [0.25, 0.3) is 0 Å². The summed E-state index contributed by atoms with van der Waals surface area (Å²) in [4.78, 5) is 12.3. The lowest BCUT2D eigenvalue weighted by molar-refractivity contribution is -0.150. The Balaban J connectivity index is 2.01. The maximum absolute atomic E-state index is 12.3. The Morgan fingerprint density at radius 2 is 1.32 bits per heavy atom. The zero-order chi connectivity index (χ0) is 21.8. The molecule has 2 atom stereocenters. The van der Waals surface area contributed by atoms with Crippen LogP contribution in [0.15, 0.2) is 84.9 Å². The first kappa shape index (κ1) is 21.2. The molecule has 1 radical (unpaired) electrons. The summed E-state index contributed by atoms with van der Waals surface area (Å²) in [6, 6.07) is 28.4. The molecule has 4 aromatic carbocycles. The minimum atomic E-state index is -1.86. The Bertz CT molecular complexity index is 1120. The summed E-state index contributed by atoms with van der Waals surface area (Å²) in [6.45, 7) is 1.25. The number of aliphatic hydroxyl groups excluding tert-OH is 2. The van der Waals surface area contributed by atoms with E-state index in [-0.39, 0.29) is 12.4 Å². The molecule has 4 rings (SSSR count). The minimum Gasteiger partial charge on any atom is -0.463 e. The summed E-state index contributed by atoms with van der Waals surface area (Å²) in [5, 5.41) is 27.0. The number of hydrogen-bond acceptors (Lipinski definition) is 4. The Kier molecular flexibility index (Phi) is 6.46. The highest BCUT2D eigenvalue weighted by Crippen LogP contribution is 2.19. The second-order valence-corrected chi connectivity index (χ2v) is 9.95. The summed E-state index contributed by atoms with van der Waals surface area (Å²) in [5.41, 5.74) is -0.834. The van der Waals surface area contributed by atoms with Crippen LogP contribution < -0.4 is 10.4 Å². The molecule has 157 valence electrons. The maximum Gasteiger partial charge on any atom is 0.305 e. The number of carbonyl (C=O) groups excluding carboxylic acids is 1. The van der Waals surface area contributed by atoms with Crippen LogP contribution in [-0.2, 0) is 9.53 Å². The van der Waals surface area contributed by atoms with Crippen molar-refractivity contribution in [2.45, 2.75) is 25.2 Å². The second-order valence-electron chi connectivity index (χ2n) is 7.48. The monoisotopic (exact) mass is 429 g/mol. The Morgan fingerprint density at radius 1 is 0.839 bits per heavy atom. The maximum atomic E-state index is 12.3. The molecule has 0 aliphatic carbocycles. The highest BCUT2D eigenvalue weighted by atomic mass is 28.3. The van der Waals surface area contributed by atoms with Gasteiger partial charge in [-0.25, -0.2) is 0 Å². The molecule has 0 aliphatic heterocycles. The summed E-state index contributed by atoms with van der Waals surface area (Å²) >= 11 is 0. The summed E-state index contributed by atoms with van der Waals surface area (Å²) in [6.07, 6.45) is -0.975. The van der Waals surface area contributed by atoms with Gasteiger partial charge in [-0.2, -0.15) is 0 Å². The molecule has 4 nitrogen and oxygen atoms in total. The van der Waals surface area contributed by atoms with Crippen molar-refractivity contribution in [2.75, 3.05) is 6.61 Å². The van der Waals surface area contributed by atoms with Gasteiger partial charge in [-0.05, 0) is 31.9 Å². The van der Waals surface area contributed by atoms with E-state index in [0.717, 1.165) is 31.9 Å². The molecule has 31 heavy (non-hydrogen) atoms. The van der Waals surface area contributed by atoms with Gasteiger partial charge in [0.15, 0.2) is 8.80 Å². The molecule has 0 saturated carbocycles. The number of benzene rings is 4. The van der Waals surface area contributed by atoms with Crippen molar-refractivity contribution in [3.8, 4) is 0 Å². The van der Waals surface area contributed by atoms with Crippen LogP contribution in [0.4, 0.5) is 0 Å². The first-order valence-electron chi connectivity index (χ1n) is 10.5. The van der Waals surface area contributed by atoms with Crippen LogP contribution >= 0.6 is 0 Å². The molecule has 0 aromatic heterocycles. The van der Waals surface area contributed by atoms with Crippen molar-refractivity contribution in [3.05, 3.63) is 84.9 Å². The SMILES string of the molecule is CCC(=O)OC(C(O)CO)[Si](c1cccc2ccccc12)c1cccc2ccccc12. The van der Waals surface area contributed by atoms with Gasteiger partial charge in [0, 0.05) is 6.42 Å². The molecular weight excluding hydrogens is 404 g/mol. The predicted molar refractivity (Wildman–Crippen MR) is 126 cm³/mol. The number of hydrogen-bond donors (Lipinski definition) is 2.